The molecule has 1 aliphatic heterocycles. The van der Waals surface area contributed by atoms with Crippen LogP contribution in [-0.2, 0) is 0 Å². The van der Waals surface area contributed by atoms with E-state index < -0.39 is 0 Å². The second-order valence-corrected chi connectivity index (χ2v) is 9.20. The molecular weight excluding hydrogens is 449 g/mol. The highest BCUT2D eigenvalue weighted by molar-refractivity contribution is 6.31. The number of carbonyl (C=O) groups is 1. The van der Waals surface area contributed by atoms with Crippen molar-refractivity contribution in [3.63, 3.8) is 0 Å². The number of aryl methyl sites for hydroxylation is 2. The van der Waals surface area contributed by atoms with Crippen molar-refractivity contribution in [3.05, 3.63) is 94.3 Å². The van der Waals surface area contributed by atoms with Crippen LogP contribution in [0.15, 0.2) is 66.7 Å². The first-order valence-corrected chi connectivity index (χ1v) is 11.8. The molecule has 0 unspecified atom stereocenters. The van der Waals surface area contributed by atoms with Gasteiger partial charge in [0.15, 0.2) is 0 Å². The molecule has 1 aromatic heterocycles. The Hall–Kier alpha value is -3.44. The second-order valence-electron chi connectivity index (χ2n) is 8.77. The maximum absolute atomic E-state index is 14.2. The Morgan fingerprint density at radius 2 is 1.71 bits per heavy atom. The molecule has 0 bridgehead atoms. The molecule has 6 heteroatoms. The third-order valence-electron chi connectivity index (χ3n) is 6.42. The van der Waals surface area contributed by atoms with Crippen LogP contribution in [0.2, 0.25) is 5.02 Å². The number of nitrogens with zero attached hydrogens (tertiary/aromatic N) is 3. The third-order valence-corrected chi connectivity index (χ3v) is 6.65. The van der Waals surface area contributed by atoms with Gasteiger partial charge in [0.05, 0.1) is 22.5 Å². The molecule has 1 fully saturated rings. The fourth-order valence-corrected chi connectivity index (χ4v) is 4.81. The van der Waals surface area contributed by atoms with E-state index in [4.69, 9.17) is 16.6 Å². The van der Waals surface area contributed by atoms with Crippen LogP contribution in [-0.4, -0.2) is 42.0 Å². The first-order valence-electron chi connectivity index (χ1n) is 11.4. The van der Waals surface area contributed by atoms with Gasteiger partial charge in [0.2, 0.25) is 0 Å². The van der Waals surface area contributed by atoms with Crippen LogP contribution in [0, 0.1) is 19.7 Å². The number of fused-ring (bicyclic) bond motifs is 1. The minimum Gasteiger partial charge on any atom is -0.366 e. The average Bonchev–Trinajstić information content (AvgIpc) is 2.83. The Labute approximate surface area is 203 Å². The van der Waals surface area contributed by atoms with Gasteiger partial charge in [-0.15, -0.1) is 0 Å². The Balaban J connectivity index is 1.49. The lowest BCUT2D eigenvalue weighted by atomic mass is 9.99. The molecule has 1 saturated heterocycles. The van der Waals surface area contributed by atoms with Gasteiger partial charge >= 0.3 is 0 Å². The quantitative estimate of drug-likeness (QED) is 0.351. The number of hydrogen-bond donors (Lipinski definition) is 0. The minimum absolute atomic E-state index is 0.0612. The predicted octanol–water partition coefficient (Wildman–Crippen LogP) is 6.27. The van der Waals surface area contributed by atoms with E-state index in [1.54, 1.807) is 24.3 Å². The standard InChI is InChI=1S/C28H25ClFN3O/c1-18-7-9-21(19(2)15-18)26-17-23(22-16-20(29)8-10-25(22)31-26)28(34)33-13-11-32(12-14-33)27-6-4-3-5-24(27)30/h3-10,15-17H,11-14H2,1-2H3. The highest BCUT2D eigenvalue weighted by Gasteiger charge is 2.25. The SMILES string of the molecule is Cc1ccc(-c2cc(C(=O)N3CCN(c4ccccc4F)CC3)c3cc(Cl)ccc3n2)c(C)c1. The van der Waals surface area contributed by atoms with Crippen LogP contribution in [0.4, 0.5) is 10.1 Å². The molecule has 1 amide bonds. The Morgan fingerprint density at radius 3 is 2.44 bits per heavy atom. The molecule has 2 heterocycles. The number of rotatable bonds is 3. The van der Waals surface area contributed by atoms with Crippen LogP contribution < -0.4 is 4.90 Å². The van der Waals surface area contributed by atoms with Crippen LogP contribution in [0.25, 0.3) is 22.2 Å². The number of pyridine rings is 1. The first kappa shape index (κ1) is 22.4. The fraction of sp³-hybridized carbons (Fsp3) is 0.214. The van der Waals surface area contributed by atoms with Crippen molar-refractivity contribution in [1.82, 2.24) is 9.88 Å². The molecule has 0 radical (unpaired) electrons. The minimum atomic E-state index is -0.241. The van der Waals surface area contributed by atoms with Gasteiger partial charge in [-0.3, -0.25) is 4.79 Å². The van der Waals surface area contributed by atoms with Gasteiger partial charge in [-0.25, -0.2) is 9.37 Å². The molecule has 172 valence electrons. The monoisotopic (exact) mass is 473 g/mol. The van der Waals surface area contributed by atoms with Crippen LogP contribution in [0.1, 0.15) is 21.5 Å². The molecule has 34 heavy (non-hydrogen) atoms. The number of carbonyl (C=O) groups excluding carboxylic acids is 1. The molecule has 0 saturated carbocycles. The first-order chi connectivity index (χ1) is 16.4. The summed E-state index contributed by atoms with van der Waals surface area (Å²) in [5, 5.41) is 1.30. The summed E-state index contributed by atoms with van der Waals surface area (Å²) < 4.78 is 14.2. The van der Waals surface area contributed by atoms with Crippen molar-refractivity contribution in [2.24, 2.45) is 0 Å². The summed E-state index contributed by atoms with van der Waals surface area (Å²) in [4.78, 5) is 22.4. The van der Waals surface area contributed by atoms with Crippen LogP contribution in [0.3, 0.4) is 0 Å². The average molecular weight is 474 g/mol. The van der Waals surface area contributed by atoms with Crippen molar-refractivity contribution in [3.8, 4) is 11.3 Å². The second kappa shape index (κ2) is 9.07. The summed E-state index contributed by atoms with van der Waals surface area (Å²) in [5.74, 6) is -0.302. The van der Waals surface area contributed by atoms with E-state index in [2.05, 4.69) is 32.0 Å². The molecule has 3 aromatic carbocycles. The zero-order chi connectivity index (χ0) is 23.8. The van der Waals surface area contributed by atoms with E-state index in [9.17, 15) is 9.18 Å². The Morgan fingerprint density at radius 1 is 0.941 bits per heavy atom. The summed E-state index contributed by atoms with van der Waals surface area (Å²) in [6, 6.07) is 20.3. The van der Waals surface area contributed by atoms with E-state index in [0.717, 1.165) is 27.7 Å². The number of hydrogen-bond acceptors (Lipinski definition) is 3. The van der Waals surface area contributed by atoms with Crippen molar-refractivity contribution >= 4 is 34.1 Å². The number of para-hydroxylation sites is 1. The molecule has 1 aliphatic rings. The van der Waals surface area contributed by atoms with Crippen molar-refractivity contribution in [2.75, 3.05) is 31.1 Å². The maximum atomic E-state index is 14.2. The number of amides is 1. The van der Waals surface area contributed by atoms with Gasteiger partial charge in [-0.05, 0) is 55.8 Å². The largest absolute Gasteiger partial charge is 0.366 e. The summed E-state index contributed by atoms with van der Waals surface area (Å²) in [5.41, 5.74) is 5.95. The number of piperazine rings is 1. The summed E-state index contributed by atoms with van der Waals surface area (Å²) in [6.07, 6.45) is 0. The number of benzene rings is 3. The topological polar surface area (TPSA) is 36.4 Å². The lowest BCUT2D eigenvalue weighted by Gasteiger charge is -2.36. The normalized spacial score (nSPS) is 14.0. The smallest absolute Gasteiger partial charge is 0.254 e. The molecule has 0 N–H and O–H groups in total. The predicted molar refractivity (Wildman–Crippen MR) is 136 cm³/mol. The summed E-state index contributed by atoms with van der Waals surface area (Å²) >= 11 is 6.29. The van der Waals surface area contributed by atoms with Gasteiger partial charge in [0, 0.05) is 42.2 Å². The van der Waals surface area contributed by atoms with Crippen molar-refractivity contribution in [1.29, 1.82) is 0 Å². The van der Waals surface area contributed by atoms with Crippen molar-refractivity contribution in [2.45, 2.75) is 13.8 Å². The van der Waals surface area contributed by atoms with E-state index in [1.807, 2.05) is 28.0 Å². The lowest BCUT2D eigenvalue weighted by Crippen LogP contribution is -2.49. The molecule has 5 rings (SSSR count). The molecular formula is C28H25ClFN3O. The molecule has 0 atom stereocenters. The molecule has 0 spiro atoms. The number of aromatic nitrogens is 1. The van der Waals surface area contributed by atoms with Gasteiger partial charge in [0.1, 0.15) is 5.82 Å². The van der Waals surface area contributed by atoms with Crippen molar-refractivity contribution < 1.29 is 9.18 Å². The molecule has 4 aromatic rings. The highest BCUT2D eigenvalue weighted by atomic mass is 35.5. The highest BCUT2D eigenvalue weighted by Crippen LogP contribution is 2.30. The number of halogens is 2. The van der Waals surface area contributed by atoms with Gasteiger partial charge in [-0.2, -0.15) is 0 Å². The fourth-order valence-electron chi connectivity index (χ4n) is 4.64. The maximum Gasteiger partial charge on any atom is 0.254 e. The third kappa shape index (κ3) is 4.24. The zero-order valence-corrected chi connectivity index (χ0v) is 19.9. The molecule has 0 aliphatic carbocycles. The van der Waals surface area contributed by atoms with Crippen LogP contribution >= 0.6 is 11.6 Å². The summed E-state index contributed by atoms with van der Waals surface area (Å²) in [7, 11) is 0. The van der Waals surface area contributed by atoms with Gasteiger partial charge in [-0.1, -0.05) is 47.5 Å². The zero-order valence-electron chi connectivity index (χ0n) is 19.2. The molecule has 4 nitrogen and oxygen atoms in total. The Kier molecular flexibility index (Phi) is 5.96. The Bertz CT molecular complexity index is 1400. The lowest BCUT2D eigenvalue weighted by molar-refractivity contribution is 0.0748. The summed E-state index contributed by atoms with van der Waals surface area (Å²) in [6.45, 7) is 6.27. The van der Waals surface area contributed by atoms with E-state index in [0.29, 0.717) is 42.5 Å². The number of anilines is 1. The van der Waals surface area contributed by atoms with E-state index >= 15 is 0 Å². The van der Waals surface area contributed by atoms with E-state index in [-0.39, 0.29) is 11.7 Å². The van der Waals surface area contributed by atoms with Gasteiger partial charge in [0.25, 0.3) is 5.91 Å². The van der Waals surface area contributed by atoms with Gasteiger partial charge < -0.3 is 9.80 Å². The van der Waals surface area contributed by atoms with Crippen LogP contribution in [0.5, 0.6) is 0 Å². The van der Waals surface area contributed by atoms with E-state index in [1.165, 1.54) is 11.6 Å².